The van der Waals surface area contributed by atoms with Crippen molar-refractivity contribution in [2.45, 2.75) is 45.3 Å². The molecular formula is C17H25ClN4O3. The molecule has 0 aromatic carbocycles. The van der Waals surface area contributed by atoms with Gasteiger partial charge in [0.05, 0.1) is 31.1 Å². The number of carbonyl (C=O) groups excluding carboxylic acids is 1. The molecule has 0 spiro atoms. The van der Waals surface area contributed by atoms with E-state index < -0.39 is 5.60 Å². The first-order valence-electron chi connectivity index (χ1n) is 8.67. The van der Waals surface area contributed by atoms with Gasteiger partial charge in [0.25, 0.3) is 0 Å². The van der Waals surface area contributed by atoms with Crippen LogP contribution in [-0.2, 0) is 14.3 Å². The highest BCUT2D eigenvalue weighted by Crippen LogP contribution is 2.35. The smallest absolute Gasteiger partial charge is 0.303 e. The predicted octanol–water partition coefficient (Wildman–Crippen LogP) is 2.28. The highest BCUT2D eigenvalue weighted by molar-refractivity contribution is 6.28. The molecule has 0 bridgehead atoms. The molecule has 0 saturated carbocycles. The molecule has 138 valence electrons. The zero-order valence-corrected chi connectivity index (χ0v) is 15.8. The minimum Gasteiger partial charge on any atom is -0.460 e. The standard InChI is InChI=1S/C17H25ClN4O3/c1-12(23)25-17(2,3)5-4-6-21-10-13-11-24-8-7-22(13)15-14(21)9-19-16(18)20-15/h9,13H,4-8,10-11H2,1-3H3. The lowest BCUT2D eigenvalue weighted by molar-refractivity contribution is -0.154. The van der Waals surface area contributed by atoms with Crippen LogP contribution < -0.4 is 9.80 Å². The van der Waals surface area contributed by atoms with Crippen LogP contribution in [0, 0.1) is 0 Å². The van der Waals surface area contributed by atoms with E-state index in [9.17, 15) is 4.79 Å². The third kappa shape index (κ3) is 4.33. The summed E-state index contributed by atoms with van der Waals surface area (Å²) >= 11 is 6.02. The van der Waals surface area contributed by atoms with Crippen molar-refractivity contribution in [3.8, 4) is 0 Å². The zero-order chi connectivity index (χ0) is 18.0. The van der Waals surface area contributed by atoms with E-state index in [1.807, 2.05) is 13.8 Å². The molecule has 8 heteroatoms. The van der Waals surface area contributed by atoms with E-state index in [0.717, 1.165) is 44.0 Å². The Bertz CT molecular complexity index is 640. The number of nitrogens with zero attached hydrogens (tertiary/aromatic N) is 4. The van der Waals surface area contributed by atoms with Crippen LogP contribution in [0.4, 0.5) is 11.5 Å². The van der Waals surface area contributed by atoms with E-state index in [2.05, 4.69) is 19.8 Å². The molecule has 0 amide bonds. The van der Waals surface area contributed by atoms with Gasteiger partial charge in [0.2, 0.25) is 5.28 Å². The Morgan fingerprint density at radius 1 is 1.52 bits per heavy atom. The van der Waals surface area contributed by atoms with E-state index in [1.54, 1.807) is 6.20 Å². The maximum atomic E-state index is 11.2. The number of anilines is 2. The highest BCUT2D eigenvalue weighted by atomic mass is 35.5. The summed E-state index contributed by atoms with van der Waals surface area (Å²) in [6.07, 6.45) is 3.49. The van der Waals surface area contributed by atoms with Crippen LogP contribution >= 0.6 is 11.6 Å². The predicted molar refractivity (Wildman–Crippen MR) is 96.3 cm³/mol. The van der Waals surface area contributed by atoms with Gasteiger partial charge in [-0.15, -0.1) is 0 Å². The quantitative estimate of drug-likeness (QED) is 0.583. The average molecular weight is 369 g/mol. The summed E-state index contributed by atoms with van der Waals surface area (Å²) in [6, 6.07) is 0.272. The van der Waals surface area contributed by atoms with Crippen molar-refractivity contribution in [3.05, 3.63) is 11.5 Å². The Labute approximate surface area is 153 Å². The first kappa shape index (κ1) is 18.2. The molecule has 0 radical (unpaired) electrons. The third-order valence-electron chi connectivity index (χ3n) is 4.62. The minimum atomic E-state index is -0.457. The SMILES string of the molecule is CC(=O)OC(C)(C)CCCN1CC2COCCN2c2nc(Cl)ncc21. The number of hydrogen-bond donors (Lipinski definition) is 0. The number of ether oxygens (including phenoxy) is 2. The first-order valence-corrected chi connectivity index (χ1v) is 9.05. The van der Waals surface area contributed by atoms with Crippen LogP contribution in [-0.4, -0.2) is 60.4 Å². The third-order valence-corrected chi connectivity index (χ3v) is 4.80. The fraction of sp³-hybridized carbons (Fsp3) is 0.706. The number of fused-ring (bicyclic) bond motifs is 3. The van der Waals surface area contributed by atoms with E-state index in [4.69, 9.17) is 21.1 Å². The monoisotopic (exact) mass is 368 g/mol. The Morgan fingerprint density at radius 2 is 2.32 bits per heavy atom. The van der Waals surface area contributed by atoms with Crippen LogP contribution in [0.15, 0.2) is 6.20 Å². The molecule has 1 aromatic rings. The fourth-order valence-electron chi connectivity index (χ4n) is 3.57. The molecule has 1 aromatic heterocycles. The number of morpholine rings is 1. The maximum Gasteiger partial charge on any atom is 0.303 e. The van der Waals surface area contributed by atoms with Crippen molar-refractivity contribution < 1.29 is 14.3 Å². The van der Waals surface area contributed by atoms with Crippen LogP contribution in [0.3, 0.4) is 0 Å². The first-order chi connectivity index (χ1) is 11.9. The molecule has 2 aliphatic rings. The lowest BCUT2D eigenvalue weighted by atomic mass is 10.0. The lowest BCUT2D eigenvalue weighted by Gasteiger charge is -2.45. The van der Waals surface area contributed by atoms with E-state index in [0.29, 0.717) is 13.2 Å². The summed E-state index contributed by atoms with van der Waals surface area (Å²) in [4.78, 5) is 24.4. The van der Waals surface area contributed by atoms with Crippen molar-refractivity contribution in [2.75, 3.05) is 42.6 Å². The summed E-state index contributed by atoms with van der Waals surface area (Å²) in [5.74, 6) is 0.644. The van der Waals surface area contributed by atoms with Crippen LogP contribution in [0.25, 0.3) is 0 Å². The second kappa shape index (κ2) is 7.33. The van der Waals surface area contributed by atoms with Gasteiger partial charge >= 0.3 is 5.97 Å². The van der Waals surface area contributed by atoms with Gasteiger partial charge < -0.3 is 19.3 Å². The number of rotatable bonds is 5. The summed E-state index contributed by atoms with van der Waals surface area (Å²) < 4.78 is 11.0. The Morgan fingerprint density at radius 3 is 3.08 bits per heavy atom. The van der Waals surface area contributed by atoms with Crippen molar-refractivity contribution in [1.29, 1.82) is 0 Å². The molecule has 0 N–H and O–H groups in total. The molecule has 1 saturated heterocycles. The largest absolute Gasteiger partial charge is 0.460 e. The van der Waals surface area contributed by atoms with Crippen molar-refractivity contribution in [1.82, 2.24) is 9.97 Å². The van der Waals surface area contributed by atoms with Gasteiger partial charge in [-0.25, -0.2) is 4.98 Å². The van der Waals surface area contributed by atoms with E-state index in [-0.39, 0.29) is 17.3 Å². The fourth-order valence-corrected chi connectivity index (χ4v) is 3.69. The molecule has 1 unspecified atom stereocenters. The lowest BCUT2D eigenvalue weighted by Crippen LogP contribution is -2.55. The topological polar surface area (TPSA) is 67.8 Å². The molecular weight excluding hydrogens is 344 g/mol. The Balaban J connectivity index is 1.70. The summed E-state index contributed by atoms with van der Waals surface area (Å²) in [7, 11) is 0. The maximum absolute atomic E-state index is 11.2. The van der Waals surface area contributed by atoms with Gasteiger partial charge in [-0.2, -0.15) is 4.98 Å². The molecule has 1 atom stereocenters. The van der Waals surface area contributed by atoms with Crippen molar-refractivity contribution >= 4 is 29.1 Å². The zero-order valence-electron chi connectivity index (χ0n) is 15.0. The highest BCUT2D eigenvalue weighted by Gasteiger charge is 2.34. The Hall–Kier alpha value is -1.60. The average Bonchev–Trinajstić information content (AvgIpc) is 2.53. The number of esters is 1. The summed E-state index contributed by atoms with van der Waals surface area (Å²) in [6.45, 7) is 9.25. The van der Waals surface area contributed by atoms with Gasteiger partial charge in [0, 0.05) is 26.6 Å². The normalized spacial score (nSPS) is 20.1. The molecule has 3 heterocycles. The van der Waals surface area contributed by atoms with E-state index in [1.165, 1.54) is 6.92 Å². The molecule has 25 heavy (non-hydrogen) atoms. The number of hydrogen-bond acceptors (Lipinski definition) is 7. The Kier molecular flexibility index (Phi) is 5.34. The van der Waals surface area contributed by atoms with E-state index >= 15 is 0 Å². The molecule has 0 aliphatic carbocycles. The second-order valence-corrected chi connectivity index (χ2v) is 7.51. The van der Waals surface area contributed by atoms with Crippen LogP contribution in [0.1, 0.15) is 33.6 Å². The summed E-state index contributed by atoms with van der Waals surface area (Å²) in [5.41, 5.74) is 0.550. The van der Waals surface area contributed by atoms with Gasteiger partial charge in [-0.1, -0.05) is 0 Å². The molecule has 3 rings (SSSR count). The van der Waals surface area contributed by atoms with Crippen molar-refractivity contribution in [2.24, 2.45) is 0 Å². The molecule has 1 fully saturated rings. The van der Waals surface area contributed by atoms with Crippen molar-refractivity contribution in [3.63, 3.8) is 0 Å². The minimum absolute atomic E-state index is 0.244. The van der Waals surface area contributed by atoms with Gasteiger partial charge in [0.15, 0.2) is 5.82 Å². The second-order valence-electron chi connectivity index (χ2n) is 7.17. The number of halogens is 1. The van der Waals surface area contributed by atoms with Gasteiger partial charge in [0.1, 0.15) is 5.60 Å². The summed E-state index contributed by atoms with van der Waals surface area (Å²) in [5, 5.41) is 0.266. The van der Waals surface area contributed by atoms with Crippen LogP contribution in [0.5, 0.6) is 0 Å². The molecule has 7 nitrogen and oxygen atoms in total. The number of aromatic nitrogens is 2. The van der Waals surface area contributed by atoms with Gasteiger partial charge in [-0.3, -0.25) is 4.79 Å². The van der Waals surface area contributed by atoms with Crippen LogP contribution in [0.2, 0.25) is 5.28 Å². The number of carbonyl (C=O) groups is 1. The van der Waals surface area contributed by atoms with Gasteiger partial charge in [-0.05, 0) is 38.3 Å². The molecule has 2 aliphatic heterocycles.